The fourth-order valence-electron chi connectivity index (χ4n) is 2.43. The summed E-state index contributed by atoms with van der Waals surface area (Å²) in [6.45, 7) is 0. The molecule has 3 heterocycles. The van der Waals surface area contributed by atoms with Crippen LogP contribution in [0.4, 0.5) is 0 Å². The van der Waals surface area contributed by atoms with Crippen LogP contribution >= 0.6 is 23.5 Å². The molecule has 0 N–H and O–H groups in total. The van der Waals surface area contributed by atoms with Gasteiger partial charge in [-0.05, 0) is 0 Å². The molecular weight excluding hydrogens is 524 g/mol. The van der Waals surface area contributed by atoms with E-state index in [-0.39, 0.29) is 0 Å². The Bertz CT molecular complexity index is 255. The third kappa shape index (κ3) is 4.64. The maximum absolute atomic E-state index is 3.07. The van der Waals surface area contributed by atoms with E-state index in [9.17, 15) is 0 Å². The van der Waals surface area contributed by atoms with Crippen LogP contribution < -0.4 is 0 Å². The van der Waals surface area contributed by atoms with E-state index in [1.54, 1.807) is 10.6 Å². The fourth-order valence-corrected chi connectivity index (χ4v) is 17.5. The summed E-state index contributed by atoms with van der Waals surface area (Å²) in [7, 11) is 0. The molecule has 18 heavy (non-hydrogen) atoms. The van der Waals surface area contributed by atoms with Crippen LogP contribution in [0.3, 0.4) is 0 Å². The van der Waals surface area contributed by atoms with Gasteiger partial charge in [-0.1, -0.05) is 0 Å². The van der Waals surface area contributed by atoms with E-state index < -0.39 is 0 Å². The molecule has 3 fully saturated rings. The fraction of sp³-hybridized carbons (Fsp3) is 1.00. The predicted molar refractivity (Wildman–Crippen MR) is 92.1 cm³/mol. The Kier molecular flexibility index (Phi) is 6.41. The molecule has 6 atom stereocenters. The first kappa shape index (κ1) is 15.7. The third-order valence-corrected chi connectivity index (χ3v) is 18.0. The SMILES string of the molecule is [SeH]C(CC1CS1)C1[Se]CC[Se]C1C([SeH])CC1CS1. The molecule has 0 radical (unpaired) electrons. The summed E-state index contributed by atoms with van der Waals surface area (Å²) in [5, 5.41) is 5.23. The third-order valence-electron chi connectivity index (χ3n) is 3.60. The van der Waals surface area contributed by atoms with Crippen LogP contribution in [0, 0.1) is 0 Å². The van der Waals surface area contributed by atoms with Crippen molar-refractivity contribution in [2.24, 2.45) is 0 Å². The summed E-state index contributed by atoms with van der Waals surface area (Å²) in [6, 6.07) is 0. The molecule has 3 aliphatic heterocycles. The van der Waals surface area contributed by atoms with Gasteiger partial charge in [-0.3, -0.25) is 0 Å². The number of rotatable bonds is 6. The van der Waals surface area contributed by atoms with Gasteiger partial charge in [0.15, 0.2) is 0 Å². The normalized spacial score (nSPS) is 42.3. The van der Waals surface area contributed by atoms with Crippen LogP contribution in [0.15, 0.2) is 0 Å². The topological polar surface area (TPSA) is 0 Å². The molecule has 0 aromatic carbocycles. The van der Waals surface area contributed by atoms with Gasteiger partial charge in [-0.2, -0.15) is 0 Å². The van der Waals surface area contributed by atoms with Crippen molar-refractivity contribution < 1.29 is 0 Å². The number of hydrogen-bond acceptors (Lipinski definition) is 2. The van der Waals surface area contributed by atoms with E-state index in [0.29, 0.717) is 0 Å². The molecule has 0 aliphatic carbocycles. The summed E-state index contributed by atoms with van der Waals surface area (Å²) in [5.41, 5.74) is 0. The van der Waals surface area contributed by atoms with Crippen molar-refractivity contribution in [3.8, 4) is 0 Å². The summed E-state index contributed by atoms with van der Waals surface area (Å²) in [5.74, 6) is 2.90. The molecule has 3 saturated heterocycles. The van der Waals surface area contributed by atoms with E-state index in [1.807, 2.05) is 0 Å². The average molecular weight is 544 g/mol. The molecule has 0 saturated carbocycles. The zero-order chi connectivity index (χ0) is 12.5. The standard InChI is InChI=1S/C12H20S2Se4/c15-9(3-7-5-13-7)11-12(18-2-1-17-11)10(16)4-8-6-14-8/h7-12,15-16H,1-6H2. The average Bonchev–Trinajstić information content (AvgIpc) is 3.25. The van der Waals surface area contributed by atoms with Gasteiger partial charge in [0.25, 0.3) is 0 Å². The van der Waals surface area contributed by atoms with E-state index in [4.69, 9.17) is 0 Å². The van der Waals surface area contributed by atoms with E-state index in [1.165, 1.54) is 24.3 Å². The molecule has 6 unspecified atom stereocenters. The second kappa shape index (κ2) is 7.36. The predicted octanol–water partition coefficient (Wildman–Crippen LogP) is 2.21. The van der Waals surface area contributed by atoms with E-state index >= 15 is 0 Å². The molecule has 6 heteroatoms. The quantitative estimate of drug-likeness (QED) is 0.372. The van der Waals surface area contributed by atoms with Crippen LogP contribution in [0.25, 0.3) is 0 Å². The van der Waals surface area contributed by atoms with E-state index in [0.717, 1.165) is 59.7 Å². The first-order valence-corrected chi connectivity index (χ1v) is 15.2. The maximum atomic E-state index is 3.07. The molecule has 0 bridgehead atoms. The van der Waals surface area contributed by atoms with Crippen LogP contribution in [0.5, 0.6) is 0 Å². The van der Waals surface area contributed by atoms with Gasteiger partial charge in [0.2, 0.25) is 0 Å². The van der Waals surface area contributed by atoms with Gasteiger partial charge in [0, 0.05) is 0 Å². The zero-order valence-electron chi connectivity index (χ0n) is 10.2. The van der Waals surface area contributed by atoms with Gasteiger partial charge in [-0.15, -0.1) is 0 Å². The second-order valence-electron chi connectivity index (χ2n) is 5.19. The summed E-state index contributed by atoms with van der Waals surface area (Å²) in [6.07, 6.45) is 3.00. The Hall–Kier alpha value is 2.78. The van der Waals surface area contributed by atoms with Crippen molar-refractivity contribution in [2.45, 2.75) is 53.2 Å². The van der Waals surface area contributed by atoms with Gasteiger partial charge in [-0.25, -0.2) is 0 Å². The molecular formula is C12H20S2Se4. The number of thioether (sulfide) groups is 2. The molecule has 0 nitrogen and oxygen atoms in total. The Labute approximate surface area is 148 Å². The summed E-state index contributed by atoms with van der Waals surface area (Å²) < 4.78 is 0. The van der Waals surface area contributed by atoms with Crippen molar-refractivity contribution >= 4 is 85.5 Å². The summed E-state index contributed by atoms with van der Waals surface area (Å²) in [4.78, 5) is 4.13. The summed E-state index contributed by atoms with van der Waals surface area (Å²) >= 11 is 12.4. The molecule has 0 amide bonds. The van der Waals surface area contributed by atoms with Gasteiger partial charge < -0.3 is 0 Å². The van der Waals surface area contributed by atoms with Crippen LogP contribution in [0.2, 0.25) is 29.9 Å². The first-order valence-electron chi connectivity index (χ1n) is 6.56. The molecule has 0 spiro atoms. The molecule has 0 aromatic heterocycles. The Morgan fingerprint density at radius 3 is 1.61 bits per heavy atom. The molecule has 3 rings (SSSR count). The minimum atomic E-state index is 0.941. The van der Waals surface area contributed by atoms with Crippen molar-refractivity contribution in [1.82, 2.24) is 0 Å². The van der Waals surface area contributed by atoms with Crippen molar-refractivity contribution in [3.05, 3.63) is 0 Å². The molecule has 3 aliphatic rings. The van der Waals surface area contributed by atoms with Crippen molar-refractivity contribution in [2.75, 3.05) is 11.5 Å². The Balaban J connectivity index is 1.56. The second-order valence-corrected chi connectivity index (χ2v) is 16.0. The van der Waals surface area contributed by atoms with Crippen LogP contribution in [-0.4, -0.2) is 83.9 Å². The van der Waals surface area contributed by atoms with Crippen LogP contribution in [-0.2, 0) is 0 Å². The first-order chi connectivity index (χ1) is 8.74. The van der Waals surface area contributed by atoms with E-state index in [2.05, 4.69) is 55.5 Å². The Morgan fingerprint density at radius 2 is 1.28 bits per heavy atom. The van der Waals surface area contributed by atoms with Gasteiger partial charge in [0.1, 0.15) is 0 Å². The van der Waals surface area contributed by atoms with Crippen LogP contribution in [0.1, 0.15) is 12.8 Å². The van der Waals surface area contributed by atoms with Crippen molar-refractivity contribution in [3.63, 3.8) is 0 Å². The number of hydrogen-bond donors (Lipinski definition) is 0. The monoisotopic (exact) mass is 548 g/mol. The van der Waals surface area contributed by atoms with Gasteiger partial charge in [0.05, 0.1) is 0 Å². The van der Waals surface area contributed by atoms with Gasteiger partial charge >= 0.3 is 150 Å². The Morgan fingerprint density at radius 1 is 0.889 bits per heavy atom. The zero-order valence-corrected chi connectivity index (χ0v) is 19.0. The molecule has 0 aromatic rings. The van der Waals surface area contributed by atoms with Crippen molar-refractivity contribution in [1.29, 1.82) is 0 Å². The minimum absolute atomic E-state index is 0.941. The molecule has 104 valence electrons.